The lowest BCUT2D eigenvalue weighted by atomic mass is 10.1. The van der Waals surface area contributed by atoms with Gasteiger partial charge in [-0.15, -0.1) is 0 Å². The van der Waals surface area contributed by atoms with Gasteiger partial charge in [-0.05, 0) is 18.2 Å². The molecule has 3 rings (SSSR count). The molecule has 20 heavy (non-hydrogen) atoms. The van der Waals surface area contributed by atoms with Gasteiger partial charge in [-0.25, -0.2) is 9.97 Å². The monoisotopic (exact) mass is 273 g/mol. The van der Waals surface area contributed by atoms with E-state index in [9.17, 15) is 0 Å². The van der Waals surface area contributed by atoms with E-state index in [0.717, 1.165) is 37.9 Å². The standard InChI is InChI=1S/C14H19N5O/c15-11-12(13-3-1-10-20-13)18-6-8-19(9-7-18)14-16-4-2-5-17-14/h1-5,10,12H,6-9,11,15H2. The fourth-order valence-electron chi connectivity index (χ4n) is 2.61. The van der Waals surface area contributed by atoms with E-state index in [-0.39, 0.29) is 6.04 Å². The summed E-state index contributed by atoms with van der Waals surface area (Å²) in [7, 11) is 0. The normalized spacial score (nSPS) is 18.1. The first-order valence-electron chi connectivity index (χ1n) is 6.88. The van der Waals surface area contributed by atoms with Crippen molar-refractivity contribution in [1.82, 2.24) is 14.9 Å². The second-order valence-electron chi connectivity index (χ2n) is 4.84. The van der Waals surface area contributed by atoms with Gasteiger partial charge in [-0.2, -0.15) is 0 Å². The van der Waals surface area contributed by atoms with Gasteiger partial charge >= 0.3 is 0 Å². The summed E-state index contributed by atoms with van der Waals surface area (Å²) >= 11 is 0. The number of furan rings is 1. The number of hydrogen-bond acceptors (Lipinski definition) is 6. The second-order valence-corrected chi connectivity index (χ2v) is 4.84. The van der Waals surface area contributed by atoms with Crippen LogP contribution >= 0.6 is 0 Å². The molecule has 1 saturated heterocycles. The molecule has 0 amide bonds. The molecule has 0 bridgehead atoms. The SMILES string of the molecule is NCC(c1ccco1)N1CCN(c2ncccn2)CC1. The largest absolute Gasteiger partial charge is 0.468 e. The lowest BCUT2D eigenvalue weighted by Crippen LogP contribution is -2.49. The molecular weight excluding hydrogens is 254 g/mol. The average Bonchev–Trinajstić information content (AvgIpc) is 3.04. The van der Waals surface area contributed by atoms with Gasteiger partial charge in [0.15, 0.2) is 0 Å². The van der Waals surface area contributed by atoms with Crippen LogP contribution in [0.25, 0.3) is 0 Å². The summed E-state index contributed by atoms with van der Waals surface area (Å²) in [5.74, 6) is 1.74. The van der Waals surface area contributed by atoms with E-state index >= 15 is 0 Å². The molecule has 0 spiro atoms. The van der Waals surface area contributed by atoms with Crippen molar-refractivity contribution < 1.29 is 4.42 Å². The molecule has 2 N–H and O–H groups in total. The predicted molar refractivity (Wildman–Crippen MR) is 76.3 cm³/mol. The summed E-state index contributed by atoms with van der Waals surface area (Å²) in [6.07, 6.45) is 5.26. The highest BCUT2D eigenvalue weighted by molar-refractivity contribution is 5.29. The van der Waals surface area contributed by atoms with E-state index in [1.54, 1.807) is 18.7 Å². The maximum Gasteiger partial charge on any atom is 0.225 e. The summed E-state index contributed by atoms with van der Waals surface area (Å²) in [4.78, 5) is 13.2. The Hall–Kier alpha value is -1.92. The first-order valence-corrected chi connectivity index (χ1v) is 6.88. The van der Waals surface area contributed by atoms with Crippen LogP contribution in [0.1, 0.15) is 11.8 Å². The zero-order valence-electron chi connectivity index (χ0n) is 11.4. The van der Waals surface area contributed by atoms with Crippen molar-refractivity contribution in [3.05, 3.63) is 42.6 Å². The number of rotatable bonds is 4. The molecule has 106 valence electrons. The molecule has 2 aromatic heterocycles. The molecule has 1 fully saturated rings. The molecule has 0 radical (unpaired) electrons. The lowest BCUT2D eigenvalue weighted by Gasteiger charge is -2.38. The van der Waals surface area contributed by atoms with Gasteiger partial charge in [0, 0.05) is 45.1 Å². The fourth-order valence-corrected chi connectivity index (χ4v) is 2.61. The molecule has 2 aromatic rings. The molecule has 0 aromatic carbocycles. The van der Waals surface area contributed by atoms with Gasteiger partial charge in [0.2, 0.25) is 5.95 Å². The van der Waals surface area contributed by atoms with Crippen molar-refractivity contribution >= 4 is 5.95 Å². The van der Waals surface area contributed by atoms with E-state index < -0.39 is 0 Å². The summed E-state index contributed by atoms with van der Waals surface area (Å²) in [6, 6.07) is 5.89. The van der Waals surface area contributed by atoms with Crippen molar-refractivity contribution in [1.29, 1.82) is 0 Å². The minimum atomic E-state index is 0.156. The maximum absolute atomic E-state index is 5.90. The number of anilines is 1. The van der Waals surface area contributed by atoms with Crippen LogP contribution in [0.4, 0.5) is 5.95 Å². The maximum atomic E-state index is 5.90. The first-order chi connectivity index (χ1) is 9.88. The average molecular weight is 273 g/mol. The van der Waals surface area contributed by atoms with E-state index in [0.29, 0.717) is 6.54 Å². The van der Waals surface area contributed by atoms with E-state index in [1.165, 1.54) is 0 Å². The van der Waals surface area contributed by atoms with Crippen LogP contribution in [-0.2, 0) is 0 Å². The zero-order valence-corrected chi connectivity index (χ0v) is 11.4. The Bertz CT molecular complexity index is 508. The Balaban J connectivity index is 1.63. The number of aromatic nitrogens is 2. The Labute approximate surface area is 118 Å². The third kappa shape index (κ3) is 2.66. The van der Waals surface area contributed by atoms with Crippen molar-refractivity contribution in [3.8, 4) is 0 Å². The van der Waals surface area contributed by atoms with Crippen LogP contribution in [0.5, 0.6) is 0 Å². The summed E-state index contributed by atoms with van der Waals surface area (Å²) in [5, 5.41) is 0. The third-order valence-corrected chi connectivity index (χ3v) is 3.68. The summed E-state index contributed by atoms with van der Waals surface area (Å²) in [5.41, 5.74) is 5.90. The Morgan fingerprint density at radius 1 is 1.15 bits per heavy atom. The van der Waals surface area contributed by atoms with Crippen LogP contribution in [0.2, 0.25) is 0 Å². The summed E-state index contributed by atoms with van der Waals surface area (Å²) < 4.78 is 5.49. The number of nitrogens with two attached hydrogens (primary N) is 1. The Morgan fingerprint density at radius 3 is 2.50 bits per heavy atom. The van der Waals surface area contributed by atoms with E-state index in [1.807, 2.05) is 18.2 Å². The molecular formula is C14H19N5O. The molecule has 1 unspecified atom stereocenters. The van der Waals surface area contributed by atoms with Gasteiger partial charge in [0.05, 0.1) is 12.3 Å². The Morgan fingerprint density at radius 2 is 1.90 bits per heavy atom. The third-order valence-electron chi connectivity index (χ3n) is 3.68. The van der Waals surface area contributed by atoms with Gasteiger partial charge in [-0.1, -0.05) is 0 Å². The first kappa shape index (κ1) is 13.1. The van der Waals surface area contributed by atoms with Crippen LogP contribution in [0.3, 0.4) is 0 Å². The smallest absolute Gasteiger partial charge is 0.225 e. The minimum Gasteiger partial charge on any atom is -0.468 e. The minimum absolute atomic E-state index is 0.156. The molecule has 3 heterocycles. The van der Waals surface area contributed by atoms with Crippen LogP contribution < -0.4 is 10.6 Å². The molecule has 6 nitrogen and oxygen atoms in total. The quantitative estimate of drug-likeness (QED) is 0.892. The molecule has 1 atom stereocenters. The fraction of sp³-hybridized carbons (Fsp3) is 0.429. The van der Waals surface area contributed by atoms with Gasteiger partial charge < -0.3 is 15.1 Å². The summed E-state index contributed by atoms with van der Waals surface area (Å²) in [6.45, 7) is 4.24. The van der Waals surface area contributed by atoms with Crippen LogP contribution in [0, 0.1) is 0 Å². The number of piperazine rings is 1. The number of nitrogens with zero attached hydrogens (tertiary/aromatic N) is 4. The Kier molecular flexibility index (Phi) is 3.94. The second kappa shape index (κ2) is 6.02. The van der Waals surface area contributed by atoms with Gasteiger partial charge in [0.25, 0.3) is 0 Å². The van der Waals surface area contributed by atoms with Crippen molar-refractivity contribution in [3.63, 3.8) is 0 Å². The zero-order chi connectivity index (χ0) is 13.8. The van der Waals surface area contributed by atoms with E-state index in [2.05, 4.69) is 19.8 Å². The topological polar surface area (TPSA) is 71.4 Å². The van der Waals surface area contributed by atoms with Crippen LogP contribution in [-0.4, -0.2) is 47.6 Å². The molecule has 6 heteroatoms. The molecule has 1 aliphatic rings. The highest BCUT2D eigenvalue weighted by atomic mass is 16.3. The van der Waals surface area contributed by atoms with Gasteiger partial charge in [0.1, 0.15) is 5.76 Å². The van der Waals surface area contributed by atoms with Crippen LogP contribution in [0.15, 0.2) is 41.3 Å². The highest BCUT2D eigenvalue weighted by Crippen LogP contribution is 2.22. The lowest BCUT2D eigenvalue weighted by molar-refractivity contribution is 0.169. The molecule has 0 saturated carbocycles. The van der Waals surface area contributed by atoms with Crippen molar-refractivity contribution in [2.45, 2.75) is 6.04 Å². The molecule has 1 aliphatic heterocycles. The van der Waals surface area contributed by atoms with Crippen molar-refractivity contribution in [2.24, 2.45) is 5.73 Å². The molecule has 0 aliphatic carbocycles. The van der Waals surface area contributed by atoms with Crippen molar-refractivity contribution in [2.75, 3.05) is 37.6 Å². The van der Waals surface area contributed by atoms with Gasteiger partial charge in [-0.3, -0.25) is 4.90 Å². The van der Waals surface area contributed by atoms with E-state index in [4.69, 9.17) is 10.2 Å². The predicted octanol–water partition coefficient (Wildman–Crippen LogP) is 0.892. The number of hydrogen-bond donors (Lipinski definition) is 1. The highest BCUT2D eigenvalue weighted by Gasteiger charge is 2.26.